The van der Waals surface area contributed by atoms with Crippen LogP contribution in [0.25, 0.3) is 0 Å². The molecule has 0 aliphatic carbocycles. The van der Waals surface area contributed by atoms with Crippen molar-refractivity contribution in [3.63, 3.8) is 0 Å². The molecule has 0 unspecified atom stereocenters. The summed E-state index contributed by atoms with van der Waals surface area (Å²) in [6.45, 7) is 4.35. The number of ether oxygens (including phenoxy) is 1. The van der Waals surface area contributed by atoms with Crippen molar-refractivity contribution in [2.75, 3.05) is 11.5 Å². The first-order chi connectivity index (χ1) is 6.69. The maximum absolute atomic E-state index is 5.39. The van der Waals surface area contributed by atoms with E-state index < -0.39 is 0 Å². The molecule has 0 heterocycles. The van der Waals surface area contributed by atoms with E-state index in [4.69, 9.17) is 4.74 Å². The Bertz CT molecular complexity index is 296. The number of alkyl halides is 1. The first-order valence-electron chi connectivity index (χ1n) is 4.89. The second-order valence-corrected chi connectivity index (χ2v) is 4.70. The number of rotatable bonds is 4. The van der Waals surface area contributed by atoms with E-state index in [9.17, 15) is 0 Å². The lowest BCUT2D eigenvalue weighted by Gasteiger charge is -2.15. The molecule has 0 bridgehead atoms. The van der Waals surface area contributed by atoms with Crippen molar-refractivity contribution in [1.29, 1.82) is 0 Å². The third kappa shape index (κ3) is 2.87. The molecule has 0 N–H and O–H groups in total. The van der Waals surface area contributed by atoms with Gasteiger partial charge in [-0.3, -0.25) is 0 Å². The molecule has 1 atom stereocenters. The van der Waals surface area contributed by atoms with Crippen molar-refractivity contribution in [2.45, 2.75) is 26.2 Å². The van der Waals surface area contributed by atoms with Gasteiger partial charge in [-0.2, -0.15) is 0 Å². The molecular weight excluding hydrogens is 287 g/mol. The van der Waals surface area contributed by atoms with Crippen LogP contribution >= 0.6 is 22.6 Å². The van der Waals surface area contributed by atoms with Crippen molar-refractivity contribution < 1.29 is 4.74 Å². The summed E-state index contributed by atoms with van der Waals surface area (Å²) in [4.78, 5) is 0. The normalized spacial score (nSPS) is 12.6. The lowest BCUT2D eigenvalue weighted by Crippen LogP contribution is -1.98. The summed E-state index contributed by atoms with van der Waals surface area (Å²) >= 11 is 2.42. The molecule has 0 amide bonds. The Morgan fingerprint density at radius 2 is 2.14 bits per heavy atom. The molecule has 0 saturated heterocycles. The average molecular weight is 304 g/mol. The minimum absolute atomic E-state index is 0.586. The summed E-state index contributed by atoms with van der Waals surface area (Å²) in [6.07, 6.45) is 1.21. The van der Waals surface area contributed by atoms with E-state index in [0.717, 1.165) is 5.75 Å². The van der Waals surface area contributed by atoms with E-state index in [1.807, 2.05) is 0 Å². The topological polar surface area (TPSA) is 9.23 Å². The minimum Gasteiger partial charge on any atom is -0.496 e. The highest BCUT2D eigenvalue weighted by atomic mass is 127. The van der Waals surface area contributed by atoms with E-state index in [1.54, 1.807) is 7.11 Å². The maximum Gasteiger partial charge on any atom is 0.122 e. The zero-order valence-electron chi connectivity index (χ0n) is 9.01. The van der Waals surface area contributed by atoms with Gasteiger partial charge in [0.15, 0.2) is 0 Å². The Morgan fingerprint density at radius 3 is 2.71 bits per heavy atom. The minimum atomic E-state index is 0.586. The van der Waals surface area contributed by atoms with Crippen LogP contribution in [0.3, 0.4) is 0 Å². The van der Waals surface area contributed by atoms with Crippen LogP contribution in [0, 0.1) is 6.92 Å². The summed E-state index contributed by atoms with van der Waals surface area (Å²) in [5, 5.41) is 0. The van der Waals surface area contributed by atoms with Crippen molar-refractivity contribution in [1.82, 2.24) is 0 Å². The smallest absolute Gasteiger partial charge is 0.122 e. The Labute approximate surface area is 100.0 Å². The summed E-state index contributed by atoms with van der Waals surface area (Å²) in [5.74, 6) is 1.62. The lowest BCUT2D eigenvalue weighted by molar-refractivity contribution is 0.406. The van der Waals surface area contributed by atoms with Gasteiger partial charge < -0.3 is 4.74 Å². The first kappa shape index (κ1) is 11.8. The third-order valence-corrected chi connectivity index (χ3v) is 3.08. The van der Waals surface area contributed by atoms with Gasteiger partial charge >= 0.3 is 0 Å². The molecule has 0 radical (unpaired) electrons. The average Bonchev–Trinajstić information content (AvgIpc) is 2.17. The molecule has 0 aromatic heterocycles. The van der Waals surface area contributed by atoms with Crippen molar-refractivity contribution in [3.05, 3.63) is 29.3 Å². The molecule has 0 aliphatic heterocycles. The monoisotopic (exact) mass is 304 g/mol. The molecule has 0 aliphatic rings. The Balaban J connectivity index is 2.95. The SMILES string of the molecule is COc1cc(C)ccc1[C@@H](C)CCI. The highest BCUT2D eigenvalue weighted by Crippen LogP contribution is 2.29. The highest BCUT2D eigenvalue weighted by Gasteiger charge is 2.10. The fourth-order valence-corrected chi connectivity index (χ4v) is 2.48. The van der Waals surface area contributed by atoms with Gasteiger partial charge in [-0.25, -0.2) is 0 Å². The first-order valence-corrected chi connectivity index (χ1v) is 6.42. The standard InChI is InChI=1S/C12H17IO/c1-9-4-5-11(10(2)6-7-13)12(8-9)14-3/h4-5,8,10H,6-7H2,1-3H3/t10-/m0/s1. The molecule has 0 spiro atoms. The number of methoxy groups -OCH3 is 1. The molecule has 0 saturated carbocycles. The van der Waals surface area contributed by atoms with Crippen LogP contribution < -0.4 is 4.74 Å². The number of halogens is 1. The fourth-order valence-electron chi connectivity index (χ4n) is 1.54. The van der Waals surface area contributed by atoms with E-state index >= 15 is 0 Å². The van der Waals surface area contributed by atoms with Gasteiger partial charge in [-0.1, -0.05) is 41.6 Å². The molecule has 1 aromatic rings. The second kappa shape index (κ2) is 5.59. The van der Waals surface area contributed by atoms with Gasteiger partial charge in [-0.15, -0.1) is 0 Å². The van der Waals surface area contributed by atoms with Crippen LogP contribution in [0.5, 0.6) is 5.75 Å². The summed E-state index contributed by atoms with van der Waals surface area (Å²) < 4.78 is 6.58. The molecule has 14 heavy (non-hydrogen) atoms. The van der Waals surface area contributed by atoms with Crippen LogP contribution in [0.15, 0.2) is 18.2 Å². The predicted molar refractivity (Wildman–Crippen MR) is 69.7 cm³/mol. The third-order valence-electron chi connectivity index (χ3n) is 2.46. The number of aryl methyl sites for hydroxylation is 1. The predicted octanol–water partition coefficient (Wildman–Crippen LogP) is 3.93. The van der Waals surface area contributed by atoms with E-state index in [2.05, 4.69) is 54.6 Å². The molecule has 1 rings (SSSR count). The molecular formula is C12H17IO. The van der Waals surface area contributed by atoms with Crippen LogP contribution in [0.4, 0.5) is 0 Å². The molecule has 0 fully saturated rings. The van der Waals surface area contributed by atoms with Crippen molar-refractivity contribution in [2.24, 2.45) is 0 Å². The lowest BCUT2D eigenvalue weighted by atomic mass is 9.96. The Morgan fingerprint density at radius 1 is 1.43 bits per heavy atom. The van der Waals surface area contributed by atoms with Crippen LogP contribution in [0.1, 0.15) is 30.4 Å². The summed E-state index contributed by atoms with van der Waals surface area (Å²) in [6, 6.07) is 6.45. The molecule has 78 valence electrons. The van der Waals surface area contributed by atoms with Gasteiger partial charge in [0.1, 0.15) is 5.75 Å². The molecule has 1 nitrogen and oxygen atoms in total. The van der Waals surface area contributed by atoms with Gasteiger partial charge in [0.25, 0.3) is 0 Å². The molecule has 1 aromatic carbocycles. The van der Waals surface area contributed by atoms with Gasteiger partial charge in [-0.05, 0) is 36.5 Å². The second-order valence-electron chi connectivity index (χ2n) is 3.62. The number of hydrogen-bond donors (Lipinski definition) is 0. The quantitative estimate of drug-likeness (QED) is 0.605. The van der Waals surface area contributed by atoms with Crippen molar-refractivity contribution in [3.8, 4) is 5.75 Å². The van der Waals surface area contributed by atoms with Gasteiger partial charge in [0, 0.05) is 4.43 Å². The van der Waals surface area contributed by atoms with Crippen LogP contribution in [-0.2, 0) is 0 Å². The van der Waals surface area contributed by atoms with Crippen LogP contribution in [0.2, 0.25) is 0 Å². The maximum atomic E-state index is 5.39. The largest absolute Gasteiger partial charge is 0.496 e. The van der Waals surface area contributed by atoms with Crippen LogP contribution in [-0.4, -0.2) is 11.5 Å². The van der Waals surface area contributed by atoms with E-state index in [0.29, 0.717) is 5.92 Å². The van der Waals surface area contributed by atoms with E-state index in [1.165, 1.54) is 22.0 Å². The fraction of sp³-hybridized carbons (Fsp3) is 0.500. The number of benzene rings is 1. The van der Waals surface area contributed by atoms with Gasteiger partial charge in [0.05, 0.1) is 7.11 Å². The number of hydrogen-bond acceptors (Lipinski definition) is 1. The Hall–Kier alpha value is -0.250. The van der Waals surface area contributed by atoms with E-state index in [-0.39, 0.29) is 0 Å². The Kier molecular flexibility index (Phi) is 4.72. The zero-order chi connectivity index (χ0) is 10.6. The summed E-state index contributed by atoms with van der Waals surface area (Å²) in [7, 11) is 1.75. The summed E-state index contributed by atoms with van der Waals surface area (Å²) in [5.41, 5.74) is 2.59. The zero-order valence-corrected chi connectivity index (χ0v) is 11.2. The van der Waals surface area contributed by atoms with Gasteiger partial charge in [0.2, 0.25) is 0 Å². The highest BCUT2D eigenvalue weighted by molar-refractivity contribution is 14.1. The molecule has 2 heteroatoms. The van der Waals surface area contributed by atoms with Crippen molar-refractivity contribution >= 4 is 22.6 Å².